The average molecular weight is 646 g/mol. The maximum absolute atomic E-state index is 14.4. The Morgan fingerprint density at radius 1 is 0.750 bits per heavy atom. The molecule has 2 unspecified atom stereocenters. The molecule has 3 amide bonds. The molecule has 0 bridgehead atoms. The van der Waals surface area contributed by atoms with Crippen molar-refractivity contribution in [3.63, 3.8) is 0 Å². The Morgan fingerprint density at radius 3 is 1.94 bits per heavy atom. The lowest BCUT2D eigenvalue weighted by atomic mass is 9.98. The van der Waals surface area contributed by atoms with Crippen LogP contribution in [0.2, 0.25) is 0 Å². The van der Waals surface area contributed by atoms with Crippen LogP contribution < -0.4 is 11.1 Å². The van der Waals surface area contributed by atoms with Gasteiger partial charge in [0.05, 0.1) is 0 Å². The van der Waals surface area contributed by atoms with Crippen LogP contribution in [0.1, 0.15) is 37.0 Å². The van der Waals surface area contributed by atoms with E-state index in [0.29, 0.717) is 25.8 Å². The quantitative estimate of drug-likeness (QED) is 0.172. The smallest absolute Gasteiger partial charge is 0.246 e. The number of carbonyl (C=O) groups is 3. The predicted octanol–water partition coefficient (Wildman–Crippen LogP) is 5.23. The second-order valence-electron chi connectivity index (χ2n) is 12.9. The molecule has 4 aromatic rings. The van der Waals surface area contributed by atoms with Crippen LogP contribution in [-0.4, -0.2) is 70.8 Å². The van der Waals surface area contributed by atoms with E-state index >= 15 is 0 Å². The van der Waals surface area contributed by atoms with Gasteiger partial charge in [-0.05, 0) is 72.7 Å². The molecule has 3 N–H and O–H groups in total. The molecule has 0 saturated heterocycles. The lowest BCUT2D eigenvalue weighted by molar-refractivity contribution is -0.146. The third-order valence-corrected chi connectivity index (χ3v) is 8.35. The van der Waals surface area contributed by atoms with Gasteiger partial charge in [-0.3, -0.25) is 19.4 Å². The number of hydrogen-bond acceptors (Lipinski definition) is 5. The normalized spacial score (nSPS) is 12.7. The van der Waals surface area contributed by atoms with Crippen LogP contribution in [0.5, 0.6) is 0 Å². The van der Waals surface area contributed by atoms with Gasteiger partial charge in [-0.25, -0.2) is 0 Å². The Balaban J connectivity index is 1.59. The Bertz CT molecular complexity index is 1640. The van der Waals surface area contributed by atoms with E-state index in [2.05, 4.69) is 10.3 Å². The molecule has 250 valence electrons. The van der Waals surface area contributed by atoms with Crippen molar-refractivity contribution >= 4 is 17.7 Å². The molecule has 48 heavy (non-hydrogen) atoms. The fourth-order valence-corrected chi connectivity index (χ4v) is 5.44. The first kappa shape index (κ1) is 35.8. The van der Waals surface area contributed by atoms with Gasteiger partial charge in [-0.15, -0.1) is 0 Å². The van der Waals surface area contributed by atoms with E-state index in [0.717, 1.165) is 27.8 Å². The average Bonchev–Trinajstić information content (AvgIpc) is 3.09. The number of aromatic nitrogens is 1. The molecule has 1 aromatic heterocycles. The number of pyridine rings is 1. The highest BCUT2D eigenvalue weighted by atomic mass is 16.2. The molecule has 2 atom stereocenters. The Labute approximate surface area is 284 Å². The van der Waals surface area contributed by atoms with Crippen LogP contribution in [0.3, 0.4) is 0 Å². The number of likely N-dealkylation sites (N-methyl/N-ethyl adjacent to an activating group) is 2. The number of nitrogens with zero attached hydrogens (tertiary/aromatic N) is 3. The van der Waals surface area contributed by atoms with Gasteiger partial charge in [-0.2, -0.15) is 0 Å². The standard InChI is InChI=1S/C40H47N5O3/c1-40(2,41)24-11-16-37(46)44(3)36(29-32-17-19-34(20-18-32)33-14-9-6-10-15-33)39(48)45(4)35(28-31-12-7-5-8-13-31)38(47)43-27-23-30-21-25-42-26-22-30/h5-22,25-26,35-36H,23-24,27-29,41H2,1-4H3,(H,43,47)/b16-11+. The monoisotopic (exact) mass is 645 g/mol. The minimum absolute atomic E-state index is 0.256. The zero-order valence-electron chi connectivity index (χ0n) is 28.4. The van der Waals surface area contributed by atoms with E-state index in [1.165, 1.54) is 15.9 Å². The van der Waals surface area contributed by atoms with E-state index < -0.39 is 17.6 Å². The largest absolute Gasteiger partial charge is 0.354 e. The molecule has 0 saturated carbocycles. The second kappa shape index (κ2) is 17.2. The molecule has 0 aliphatic rings. The van der Waals surface area contributed by atoms with Gasteiger partial charge in [0.25, 0.3) is 0 Å². The zero-order valence-corrected chi connectivity index (χ0v) is 28.4. The van der Waals surface area contributed by atoms with Gasteiger partial charge < -0.3 is 20.9 Å². The van der Waals surface area contributed by atoms with Crippen molar-refractivity contribution < 1.29 is 14.4 Å². The third-order valence-electron chi connectivity index (χ3n) is 8.35. The summed E-state index contributed by atoms with van der Waals surface area (Å²) in [6.45, 7) is 4.19. The molecule has 0 radical (unpaired) electrons. The lowest BCUT2D eigenvalue weighted by Crippen LogP contribution is -2.56. The van der Waals surface area contributed by atoms with Crippen molar-refractivity contribution in [3.05, 3.63) is 138 Å². The Hall–Kier alpha value is -5.08. The summed E-state index contributed by atoms with van der Waals surface area (Å²) in [5, 5.41) is 3.03. The fourth-order valence-electron chi connectivity index (χ4n) is 5.44. The summed E-state index contributed by atoms with van der Waals surface area (Å²) in [6, 6.07) is 29.9. The predicted molar refractivity (Wildman–Crippen MR) is 192 cm³/mol. The van der Waals surface area contributed by atoms with Gasteiger partial charge in [0.15, 0.2) is 0 Å². The maximum atomic E-state index is 14.4. The molecule has 0 aliphatic carbocycles. The van der Waals surface area contributed by atoms with E-state index in [9.17, 15) is 14.4 Å². The van der Waals surface area contributed by atoms with E-state index in [1.54, 1.807) is 32.6 Å². The van der Waals surface area contributed by atoms with Crippen LogP contribution in [0.25, 0.3) is 11.1 Å². The molecule has 0 fully saturated rings. The molecule has 4 rings (SSSR count). The first-order chi connectivity index (χ1) is 23.0. The van der Waals surface area contributed by atoms with E-state index in [1.807, 2.05) is 111 Å². The third kappa shape index (κ3) is 10.7. The number of nitrogens with one attached hydrogen (secondary N) is 1. The molecule has 0 aliphatic heterocycles. The van der Waals surface area contributed by atoms with Crippen molar-refractivity contribution in [3.8, 4) is 11.1 Å². The number of nitrogens with two attached hydrogens (primary N) is 1. The number of rotatable bonds is 15. The SMILES string of the molecule is CN(C(=O)/C=C/CC(C)(C)N)C(Cc1ccc(-c2ccccc2)cc1)C(=O)N(C)C(Cc1ccccc1)C(=O)NCCc1ccncc1. The number of benzene rings is 3. The lowest BCUT2D eigenvalue weighted by Gasteiger charge is -2.34. The van der Waals surface area contributed by atoms with Gasteiger partial charge in [0.2, 0.25) is 17.7 Å². The van der Waals surface area contributed by atoms with E-state index in [4.69, 9.17) is 5.73 Å². The van der Waals surface area contributed by atoms with Gasteiger partial charge in [0, 0.05) is 51.4 Å². The summed E-state index contributed by atoms with van der Waals surface area (Å²) in [7, 11) is 3.28. The molecular formula is C40H47N5O3. The topological polar surface area (TPSA) is 109 Å². The number of amides is 3. The van der Waals surface area contributed by atoms with Crippen LogP contribution in [0.4, 0.5) is 0 Å². The molecular weight excluding hydrogens is 598 g/mol. The highest BCUT2D eigenvalue weighted by molar-refractivity contribution is 5.95. The minimum atomic E-state index is -0.858. The fraction of sp³-hybridized carbons (Fsp3) is 0.300. The summed E-state index contributed by atoms with van der Waals surface area (Å²) in [4.78, 5) is 48.7. The molecule has 8 nitrogen and oxygen atoms in total. The summed E-state index contributed by atoms with van der Waals surface area (Å²) in [6.07, 6.45) is 8.40. The van der Waals surface area contributed by atoms with Crippen molar-refractivity contribution in [1.29, 1.82) is 0 Å². The summed E-state index contributed by atoms with van der Waals surface area (Å²) >= 11 is 0. The van der Waals surface area contributed by atoms with Crippen molar-refractivity contribution in [2.45, 2.75) is 57.2 Å². The number of hydrogen-bond donors (Lipinski definition) is 2. The summed E-state index contributed by atoms with van der Waals surface area (Å²) in [5.41, 5.74) is 10.7. The summed E-state index contributed by atoms with van der Waals surface area (Å²) < 4.78 is 0. The van der Waals surface area contributed by atoms with Crippen LogP contribution >= 0.6 is 0 Å². The molecule has 1 heterocycles. The molecule has 0 spiro atoms. The Morgan fingerprint density at radius 2 is 1.31 bits per heavy atom. The molecule has 8 heteroatoms. The highest BCUT2D eigenvalue weighted by Crippen LogP contribution is 2.21. The van der Waals surface area contributed by atoms with Crippen molar-refractivity contribution in [1.82, 2.24) is 20.1 Å². The van der Waals surface area contributed by atoms with Crippen LogP contribution in [0.15, 0.2) is 122 Å². The maximum Gasteiger partial charge on any atom is 0.246 e. The first-order valence-corrected chi connectivity index (χ1v) is 16.4. The van der Waals surface area contributed by atoms with Gasteiger partial charge in [0.1, 0.15) is 12.1 Å². The van der Waals surface area contributed by atoms with Crippen LogP contribution in [0, 0.1) is 0 Å². The van der Waals surface area contributed by atoms with Gasteiger partial charge in [-0.1, -0.05) is 91.0 Å². The number of carbonyl (C=O) groups excluding carboxylic acids is 3. The molecule has 3 aromatic carbocycles. The minimum Gasteiger partial charge on any atom is -0.354 e. The van der Waals surface area contributed by atoms with Crippen molar-refractivity contribution in [2.24, 2.45) is 5.73 Å². The van der Waals surface area contributed by atoms with Gasteiger partial charge >= 0.3 is 0 Å². The zero-order chi connectivity index (χ0) is 34.5. The van der Waals surface area contributed by atoms with Crippen molar-refractivity contribution in [2.75, 3.05) is 20.6 Å². The highest BCUT2D eigenvalue weighted by Gasteiger charge is 2.34. The van der Waals surface area contributed by atoms with E-state index in [-0.39, 0.29) is 24.1 Å². The first-order valence-electron chi connectivity index (χ1n) is 16.4. The summed E-state index contributed by atoms with van der Waals surface area (Å²) in [5.74, 6) is -0.891. The van der Waals surface area contributed by atoms with Crippen LogP contribution in [-0.2, 0) is 33.6 Å². The second-order valence-corrected chi connectivity index (χ2v) is 12.9. The Kier molecular flexibility index (Phi) is 12.8.